The van der Waals surface area contributed by atoms with Crippen LogP contribution in [0.5, 0.6) is 0 Å². The summed E-state index contributed by atoms with van der Waals surface area (Å²) in [4.78, 5) is 24.7. The van der Waals surface area contributed by atoms with Gasteiger partial charge < -0.3 is 5.32 Å². The van der Waals surface area contributed by atoms with Crippen molar-refractivity contribution in [2.24, 2.45) is 5.10 Å². The zero-order chi connectivity index (χ0) is 21.7. The minimum absolute atomic E-state index is 0.236. The molecule has 30 heavy (non-hydrogen) atoms. The number of benzene rings is 3. The average Bonchev–Trinajstić information content (AvgIpc) is 2.72. The van der Waals surface area contributed by atoms with Crippen LogP contribution in [-0.4, -0.2) is 17.5 Å². The van der Waals surface area contributed by atoms with E-state index in [0.29, 0.717) is 27.0 Å². The molecule has 3 aromatic rings. The Balaban J connectivity index is 1.70. The SMILES string of the molecule is CC(=NNC(=O)c1ccc(Cl)cc1Cl)c1cccc(NC(=O)c2ccc(Cl)cc2)c1. The Labute approximate surface area is 188 Å². The highest BCUT2D eigenvalue weighted by Crippen LogP contribution is 2.21. The second kappa shape index (κ2) is 9.76. The highest BCUT2D eigenvalue weighted by Gasteiger charge is 2.11. The highest BCUT2D eigenvalue weighted by molar-refractivity contribution is 6.36. The summed E-state index contributed by atoms with van der Waals surface area (Å²) in [7, 11) is 0. The van der Waals surface area contributed by atoms with Gasteiger partial charge in [0.25, 0.3) is 11.8 Å². The van der Waals surface area contributed by atoms with E-state index in [9.17, 15) is 9.59 Å². The second-order valence-electron chi connectivity index (χ2n) is 6.30. The zero-order valence-corrected chi connectivity index (χ0v) is 18.0. The molecule has 0 spiro atoms. The molecule has 2 N–H and O–H groups in total. The summed E-state index contributed by atoms with van der Waals surface area (Å²) >= 11 is 17.7. The van der Waals surface area contributed by atoms with E-state index in [1.807, 2.05) is 6.07 Å². The van der Waals surface area contributed by atoms with Crippen LogP contribution in [0.15, 0.2) is 71.8 Å². The maximum atomic E-state index is 12.4. The van der Waals surface area contributed by atoms with Crippen LogP contribution >= 0.6 is 34.8 Å². The molecule has 0 atom stereocenters. The summed E-state index contributed by atoms with van der Waals surface area (Å²) in [5.41, 5.74) is 5.10. The minimum Gasteiger partial charge on any atom is -0.322 e. The van der Waals surface area contributed by atoms with E-state index >= 15 is 0 Å². The number of halogens is 3. The minimum atomic E-state index is -0.455. The van der Waals surface area contributed by atoms with Crippen molar-refractivity contribution < 1.29 is 9.59 Å². The largest absolute Gasteiger partial charge is 0.322 e. The van der Waals surface area contributed by atoms with Gasteiger partial charge in [0.05, 0.1) is 16.3 Å². The fraction of sp³-hybridized carbons (Fsp3) is 0.0455. The van der Waals surface area contributed by atoms with Gasteiger partial charge >= 0.3 is 0 Å². The molecule has 152 valence electrons. The van der Waals surface area contributed by atoms with Gasteiger partial charge in [0.15, 0.2) is 0 Å². The van der Waals surface area contributed by atoms with E-state index in [1.165, 1.54) is 12.1 Å². The van der Waals surface area contributed by atoms with E-state index in [2.05, 4.69) is 15.8 Å². The van der Waals surface area contributed by atoms with E-state index < -0.39 is 5.91 Å². The molecule has 0 aromatic heterocycles. The van der Waals surface area contributed by atoms with Crippen molar-refractivity contribution in [2.75, 3.05) is 5.32 Å². The lowest BCUT2D eigenvalue weighted by Gasteiger charge is -2.08. The fourth-order valence-corrected chi connectivity index (χ4v) is 3.18. The molecule has 0 fully saturated rings. The summed E-state index contributed by atoms with van der Waals surface area (Å²) < 4.78 is 0. The van der Waals surface area contributed by atoms with Gasteiger partial charge in [-0.1, -0.05) is 46.9 Å². The summed E-state index contributed by atoms with van der Waals surface area (Å²) in [6.45, 7) is 1.74. The van der Waals surface area contributed by atoms with E-state index in [4.69, 9.17) is 34.8 Å². The van der Waals surface area contributed by atoms with Crippen molar-refractivity contribution in [3.05, 3.63) is 98.5 Å². The number of hydrogen-bond donors (Lipinski definition) is 2. The molecule has 0 saturated heterocycles. The molecule has 0 saturated carbocycles. The maximum Gasteiger partial charge on any atom is 0.272 e. The first kappa shape index (κ1) is 21.8. The molecule has 0 aliphatic carbocycles. The molecule has 0 heterocycles. The van der Waals surface area contributed by atoms with Gasteiger partial charge in [-0.2, -0.15) is 5.10 Å². The van der Waals surface area contributed by atoms with Crippen molar-refractivity contribution in [1.29, 1.82) is 0 Å². The molecule has 5 nitrogen and oxygen atoms in total. The number of carbonyl (C=O) groups is 2. The lowest BCUT2D eigenvalue weighted by atomic mass is 10.1. The van der Waals surface area contributed by atoms with Crippen LogP contribution in [0.4, 0.5) is 5.69 Å². The van der Waals surface area contributed by atoms with Crippen LogP contribution in [0.1, 0.15) is 33.2 Å². The monoisotopic (exact) mass is 459 g/mol. The van der Waals surface area contributed by atoms with E-state index in [-0.39, 0.29) is 16.5 Å². The van der Waals surface area contributed by atoms with Gasteiger partial charge in [-0.3, -0.25) is 9.59 Å². The quantitative estimate of drug-likeness (QED) is 0.359. The van der Waals surface area contributed by atoms with Gasteiger partial charge in [-0.05, 0) is 67.1 Å². The molecule has 0 aliphatic rings. The van der Waals surface area contributed by atoms with Crippen LogP contribution in [0.2, 0.25) is 15.1 Å². The number of nitrogens with one attached hydrogen (secondary N) is 2. The normalized spacial score (nSPS) is 11.1. The van der Waals surface area contributed by atoms with Crippen molar-refractivity contribution in [3.8, 4) is 0 Å². The number of rotatable bonds is 5. The topological polar surface area (TPSA) is 70.6 Å². The Kier molecular flexibility index (Phi) is 7.11. The van der Waals surface area contributed by atoms with Gasteiger partial charge in [0, 0.05) is 21.3 Å². The smallest absolute Gasteiger partial charge is 0.272 e. The van der Waals surface area contributed by atoms with Crippen LogP contribution in [0.25, 0.3) is 0 Å². The number of hydrogen-bond acceptors (Lipinski definition) is 3. The Morgan fingerprint density at radius 1 is 0.800 bits per heavy atom. The third-order valence-corrected chi connectivity index (χ3v) is 4.95. The molecule has 3 aromatic carbocycles. The van der Waals surface area contributed by atoms with Crippen molar-refractivity contribution in [1.82, 2.24) is 5.43 Å². The maximum absolute atomic E-state index is 12.4. The average molecular weight is 461 g/mol. The first-order valence-corrected chi connectivity index (χ1v) is 9.94. The third kappa shape index (κ3) is 5.60. The second-order valence-corrected chi connectivity index (χ2v) is 7.58. The molecule has 0 bridgehead atoms. The molecule has 0 aliphatic heterocycles. The van der Waals surface area contributed by atoms with Crippen molar-refractivity contribution in [3.63, 3.8) is 0 Å². The van der Waals surface area contributed by atoms with Gasteiger partial charge in [-0.25, -0.2) is 5.43 Å². The Morgan fingerprint density at radius 2 is 1.50 bits per heavy atom. The van der Waals surface area contributed by atoms with Crippen LogP contribution < -0.4 is 10.7 Å². The Hall–Kier alpha value is -2.86. The zero-order valence-electron chi connectivity index (χ0n) is 15.7. The standard InChI is InChI=1S/C22H16Cl3N3O2/c1-13(27-28-22(30)19-10-9-17(24)12-20(19)25)15-3-2-4-18(11-15)26-21(29)14-5-7-16(23)8-6-14/h2-12H,1H3,(H,26,29)(H,28,30). The summed E-state index contributed by atoms with van der Waals surface area (Å²) in [5.74, 6) is -0.715. The molecular formula is C22H16Cl3N3O2. The number of hydrazone groups is 1. The third-order valence-electron chi connectivity index (χ3n) is 4.15. The molecule has 0 unspecified atom stereocenters. The molecule has 3 rings (SSSR count). The van der Waals surface area contributed by atoms with Crippen LogP contribution in [-0.2, 0) is 0 Å². The lowest BCUT2D eigenvalue weighted by molar-refractivity contribution is 0.0954. The fourth-order valence-electron chi connectivity index (χ4n) is 2.56. The van der Waals surface area contributed by atoms with Gasteiger partial charge in [0.2, 0.25) is 0 Å². The summed E-state index contributed by atoms with van der Waals surface area (Å²) in [6, 6.07) is 18.3. The predicted molar refractivity (Wildman–Crippen MR) is 122 cm³/mol. The summed E-state index contributed by atoms with van der Waals surface area (Å²) in [5, 5.41) is 8.17. The number of nitrogens with zero attached hydrogens (tertiary/aromatic N) is 1. The molecule has 8 heteroatoms. The van der Waals surface area contributed by atoms with Crippen LogP contribution in [0.3, 0.4) is 0 Å². The first-order valence-electron chi connectivity index (χ1n) is 8.80. The summed E-state index contributed by atoms with van der Waals surface area (Å²) in [6.07, 6.45) is 0. The molecule has 0 radical (unpaired) electrons. The molecule has 2 amide bonds. The van der Waals surface area contributed by atoms with Crippen molar-refractivity contribution >= 4 is 58.0 Å². The first-order chi connectivity index (χ1) is 14.3. The molecular weight excluding hydrogens is 445 g/mol. The Morgan fingerprint density at radius 3 is 2.20 bits per heavy atom. The van der Waals surface area contributed by atoms with E-state index in [1.54, 1.807) is 55.5 Å². The van der Waals surface area contributed by atoms with Gasteiger partial charge in [-0.15, -0.1) is 0 Å². The van der Waals surface area contributed by atoms with Crippen molar-refractivity contribution in [2.45, 2.75) is 6.92 Å². The van der Waals surface area contributed by atoms with Crippen LogP contribution in [0, 0.1) is 0 Å². The number of anilines is 1. The predicted octanol–water partition coefficient (Wildman–Crippen LogP) is 6.05. The highest BCUT2D eigenvalue weighted by atomic mass is 35.5. The lowest BCUT2D eigenvalue weighted by Crippen LogP contribution is -2.19. The van der Waals surface area contributed by atoms with Gasteiger partial charge in [0.1, 0.15) is 0 Å². The van der Waals surface area contributed by atoms with E-state index in [0.717, 1.165) is 5.56 Å². The Bertz CT molecular complexity index is 1130. The number of carbonyl (C=O) groups excluding carboxylic acids is 2. The number of amides is 2.